The highest BCUT2D eigenvalue weighted by atomic mass is 32.2. The van der Waals surface area contributed by atoms with E-state index in [1.165, 1.54) is 4.90 Å². The Morgan fingerprint density at radius 1 is 1.24 bits per heavy atom. The standard InChI is InChI=1S/C15H22N2O3S/c1-12(2)17(11-15(19)20)10-14(18)16-8-9-21-13-6-4-3-5-7-13/h3-7,12H,8-11H2,1-2H3,(H,16,18)(H,19,20). The van der Waals surface area contributed by atoms with Crippen molar-refractivity contribution >= 4 is 23.6 Å². The summed E-state index contributed by atoms with van der Waals surface area (Å²) in [6.45, 7) is 4.31. The van der Waals surface area contributed by atoms with E-state index in [9.17, 15) is 9.59 Å². The van der Waals surface area contributed by atoms with Crippen LogP contribution in [0.1, 0.15) is 13.8 Å². The molecule has 1 aromatic carbocycles. The molecule has 5 nitrogen and oxygen atoms in total. The fraction of sp³-hybridized carbons (Fsp3) is 0.467. The Hall–Kier alpha value is -1.53. The molecule has 1 amide bonds. The third kappa shape index (κ3) is 7.72. The van der Waals surface area contributed by atoms with Crippen molar-refractivity contribution in [2.45, 2.75) is 24.8 Å². The van der Waals surface area contributed by atoms with Crippen molar-refractivity contribution in [3.05, 3.63) is 30.3 Å². The molecular weight excluding hydrogens is 288 g/mol. The van der Waals surface area contributed by atoms with Gasteiger partial charge in [-0.3, -0.25) is 14.5 Å². The summed E-state index contributed by atoms with van der Waals surface area (Å²) in [4.78, 5) is 25.3. The topological polar surface area (TPSA) is 69.6 Å². The average Bonchev–Trinajstić information content (AvgIpc) is 2.43. The molecule has 1 aromatic rings. The number of carbonyl (C=O) groups is 2. The number of aliphatic carboxylic acids is 1. The Morgan fingerprint density at radius 2 is 1.90 bits per heavy atom. The number of carbonyl (C=O) groups excluding carboxylic acids is 1. The normalized spacial score (nSPS) is 10.9. The molecular formula is C15H22N2O3S. The molecule has 0 aliphatic heterocycles. The van der Waals surface area contributed by atoms with Crippen molar-refractivity contribution in [3.8, 4) is 0 Å². The number of amides is 1. The Labute approximate surface area is 129 Å². The van der Waals surface area contributed by atoms with Gasteiger partial charge >= 0.3 is 5.97 Å². The molecule has 0 radical (unpaired) electrons. The van der Waals surface area contributed by atoms with Gasteiger partial charge in [0.1, 0.15) is 0 Å². The first kappa shape index (κ1) is 17.5. The minimum absolute atomic E-state index is 0.0190. The average molecular weight is 310 g/mol. The lowest BCUT2D eigenvalue weighted by molar-refractivity contribution is -0.139. The van der Waals surface area contributed by atoms with E-state index in [1.807, 2.05) is 44.2 Å². The van der Waals surface area contributed by atoms with Gasteiger partial charge in [-0.25, -0.2) is 0 Å². The molecule has 0 heterocycles. The van der Waals surface area contributed by atoms with Gasteiger partial charge in [0, 0.05) is 23.2 Å². The molecule has 6 heteroatoms. The molecule has 0 aliphatic carbocycles. The molecule has 116 valence electrons. The predicted octanol–water partition coefficient (Wildman–Crippen LogP) is 1.69. The fourth-order valence-corrected chi connectivity index (χ4v) is 2.50. The van der Waals surface area contributed by atoms with Crippen molar-refractivity contribution in [1.29, 1.82) is 0 Å². The lowest BCUT2D eigenvalue weighted by Crippen LogP contribution is -2.43. The van der Waals surface area contributed by atoms with E-state index in [4.69, 9.17) is 5.11 Å². The lowest BCUT2D eigenvalue weighted by atomic mass is 10.3. The van der Waals surface area contributed by atoms with Crippen LogP contribution < -0.4 is 5.32 Å². The minimum atomic E-state index is -0.920. The highest BCUT2D eigenvalue weighted by molar-refractivity contribution is 7.99. The Bertz CT molecular complexity index is 451. The van der Waals surface area contributed by atoms with Gasteiger partial charge in [0.2, 0.25) is 5.91 Å². The number of nitrogens with zero attached hydrogens (tertiary/aromatic N) is 1. The van der Waals surface area contributed by atoms with E-state index < -0.39 is 5.97 Å². The van der Waals surface area contributed by atoms with Crippen LogP contribution in [0.15, 0.2) is 35.2 Å². The van der Waals surface area contributed by atoms with Gasteiger partial charge in [0.25, 0.3) is 0 Å². The maximum absolute atomic E-state index is 11.8. The number of carboxylic acids is 1. The third-order valence-corrected chi connectivity index (χ3v) is 3.87. The molecule has 0 fully saturated rings. The van der Waals surface area contributed by atoms with Crippen molar-refractivity contribution < 1.29 is 14.7 Å². The first-order valence-electron chi connectivity index (χ1n) is 6.89. The van der Waals surface area contributed by atoms with E-state index in [0.717, 1.165) is 5.75 Å². The van der Waals surface area contributed by atoms with E-state index >= 15 is 0 Å². The van der Waals surface area contributed by atoms with Crippen molar-refractivity contribution in [2.75, 3.05) is 25.4 Å². The second kappa shape index (κ2) is 9.41. The quantitative estimate of drug-likeness (QED) is 0.536. The van der Waals surface area contributed by atoms with Gasteiger partial charge in [0.05, 0.1) is 13.1 Å². The molecule has 21 heavy (non-hydrogen) atoms. The van der Waals surface area contributed by atoms with Crippen LogP contribution in [0, 0.1) is 0 Å². The summed E-state index contributed by atoms with van der Waals surface area (Å²) in [7, 11) is 0. The van der Waals surface area contributed by atoms with E-state index in [2.05, 4.69) is 5.32 Å². The van der Waals surface area contributed by atoms with Crippen LogP contribution in [0.5, 0.6) is 0 Å². The monoisotopic (exact) mass is 310 g/mol. The molecule has 0 bridgehead atoms. The third-order valence-electron chi connectivity index (χ3n) is 2.85. The van der Waals surface area contributed by atoms with Gasteiger partial charge < -0.3 is 10.4 Å². The Kier molecular flexibility index (Phi) is 7.85. The number of carboxylic acid groups (broad SMARTS) is 1. The summed E-state index contributed by atoms with van der Waals surface area (Å²) in [5.41, 5.74) is 0. The number of hydrogen-bond donors (Lipinski definition) is 2. The number of benzene rings is 1. The molecule has 0 saturated carbocycles. The van der Waals surface area contributed by atoms with Crippen LogP contribution in [-0.2, 0) is 9.59 Å². The van der Waals surface area contributed by atoms with Gasteiger partial charge in [-0.15, -0.1) is 11.8 Å². The number of rotatable bonds is 9. The fourth-order valence-electron chi connectivity index (χ4n) is 1.71. The van der Waals surface area contributed by atoms with Crippen molar-refractivity contribution in [1.82, 2.24) is 10.2 Å². The molecule has 0 aromatic heterocycles. The second-order valence-electron chi connectivity index (χ2n) is 4.90. The van der Waals surface area contributed by atoms with Crippen LogP contribution in [0.2, 0.25) is 0 Å². The number of hydrogen-bond acceptors (Lipinski definition) is 4. The second-order valence-corrected chi connectivity index (χ2v) is 6.07. The van der Waals surface area contributed by atoms with E-state index in [1.54, 1.807) is 16.7 Å². The maximum atomic E-state index is 11.8. The van der Waals surface area contributed by atoms with E-state index in [-0.39, 0.29) is 25.0 Å². The van der Waals surface area contributed by atoms with Crippen molar-refractivity contribution in [2.24, 2.45) is 0 Å². The zero-order valence-corrected chi connectivity index (χ0v) is 13.2. The smallest absolute Gasteiger partial charge is 0.317 e. The summed E-state index contributed by atoms with van der Waals surface area (Å²) in [6.07, 6.45) is 0. The lowest BCUT2D eigenvalue weighted by Gasteiger charge is -2.23. The Balaban J connectivity index is 2.25. The van der Waals surface area contributed by atoms with Crippen molar-refractivity contribution in [3.63, 3.8) is 0 Å². The summed E-state index contributed by atoms with van der Waals surface area (Å²) >= 11 is 1.68. The predicted molar refractivity (Wildman–Crippen MR) is 84.5 cm³/mol. The number of thioether (sulfide) groups is 1. The maximum Gasteiger partial charge on any atom is 0.317 e. The summed E-state index contributed by atoms with van der Waals surface area (Å²) in [6, 6.07) is 10.0. The number of nitrogens with one attached hydrogen (secondary N) is 1. The zero-order chi connectivity index (χ0) is 15.7. The van der Waals surface area contributed by atoms with Crippen LogP contribution in [-0.4, -0.2) is 53.3 Å². The van der Waals surface area contributed by atoms with Crippen LogP contribution in [0.3, 0.4) is 0 Å². The zero-order valence-electron chi connectivity index (χ0n) is 12.4. The van der Waals surface area contributed by atoms with Crippen LogP contribution >= 0.6 is 11.8 Å². The molecule has 0 atom stereocenters. The van der Waals surface area contributed by atoms with E-state index in [0.29, 0.717) is 6.54 Å². The molecule has 0 aliphatic rings. The van der Waals surface area contributed by atoms with Gasteiger partial charge in [-0.1, -0.05) is 18.2 Å². The first-order chi connectivity index (χ1) is 9.99. The first-order valence-corrected chi connectivity index (χ1v) is 7.88. The SMILES string of the molecule is CC(C)N(CC(=O)O)CC(=O)NCCSc1ccccc1. The van der Waals surface area contributed by atoms with Crippen LogP contribution in [0.4, 0.5) is 0 Å². The minimum Gasteiger partial charge on any atom is -0.480 e. The van der Waals surface area contributed by atoms with Gasteiger partial charge in [-0.2, -0.15) is 0 Å². The molecule has 2 N–H and O–H groups in total. The highest BCUT2D eigenvalue weighted by Crippen LogP contribution is 2.15. The summed E-state index contributed by atoms with van der Waals surface area (Å²) in [5, 5.41) is 11.6. The molecule has 0 saturated heterocycles. The highest BCUT2D eigenvalue weighted by Gasteiger charge is 2.16. The van der Waals surface area contributed by atoms with Gasteiger partial charge in [0.15, 0.2) is 0 Å². The summed E-state index contributed by atoms with van der Waals surface area (Å²) in [5.74, 6) is -0.272. The Morgan fingerprint density at radius 3 is 2.48 bits per heavy atom. The van der Waals surface area contributed by atoms with Crippen LogP contribution in [0.25, 0.3) is 0 Å². The largest absolute Gasteiger partial charge is 0.480 e. The van der Waals surface area contributed by atoms with Gasteiger partial charge in [-0.05, 0) is 26.0 Å². The molecule has 0 unspecified atom stereocenters. The molecule has 0 spiro atoms. The molecule has 1 rings (SSSR count). The summed E-state index contributed by atoms with van der Waals surface area (Å²) < 4.78 is 0.